The molecule has 1 saturated heterocycles. The predicted octanol–water partition coefficient (Wildman–Crippen LogP) is 2.64. The molecule has 1 fully saturated rings. The van der Waals surface area contributed by atoms with E-state index in [2.05, 4.69) is 15.2 Å². The van der Waals surface area contributed by atoms with Crippen molar-refractivity contribution in [2.45, 2.75) is 38.2 Å². The zero-order valence-corrected chi connectivity index (χ0v) is 15.1. The summed E-state index contributed by atoms with van der Waals surface area (Å²) in [5.74, 6) is 0. The molecule has 0 saturated carbocycles. The molecular weight excluding hydrogens is 398 g/mol. The van der Waals surface area contributed by atoms with Gasteiger partial charge in [0, 0.05) is 26.3 Å². The Morgan fingerprint density at radius 2 is 2.00 bits per heavy atom. The van der Waals surface area contributed by atoms with Crippen LogP contribution in [0, 0.1) is 6.92 Å². The highest BCUT2D eigenvalue weighted by atomic mass is 19.4. The topological polar surface area (TPSA) is 76.5 Å². The summed E-state index contributed by atoms with van der Waals surface area (Å²) in [5.41, 5.74) is -0.653. The summed E-state index contributed by atoms with van der Waals surface area (Å²) in [4.78, 5) is 22.7. The lowest BCUT2D eigenvalue weighted by atomic mass is 10.2. The van der Waals surface area contributed by atoms with Gasteiger partial charge in [-0.25, -0.2) is 4.79 Å². The zero-order valence-electron chi connectivity index (χ0n) is 15.1. The van der Waals surface area contributed by atoms with E-state index >= 15 is 0 Å². The van der Waals surface area contributed by atoms with Gasteiger partial charge in [-0.3, -0.25) is 9.48 Å². The molecule has 2 rings (SSSR count). The fraction of sp³-hybridized carbons (Fsp3) is 0.667. The second-order valence-electron chi connectivity index (χ2n) is 6.02. The number of nitrogens with one attached hydrogen (secondary N) is 1. The number of hydrogen-bond donors (Lipinski definition) is 1. The zero-order chi connectivity index (χ0) is 21.5. The highest BCUT2D eigenvalue weighted by molar-refractivity contribution is 5.68. The number of aryl methyl sites for hydroxylation is 2. The van der Waals surface area contributed by atoms with Gasteiger partial charge < -0.3 is 15.0 Å². The molecule has 2 amide bonds. The van der Waals surface area contributed by atoms with Crippen LogP contribution in [0.2, 0.25) is 0 Å². The number of ether oxygens (including phenoxy) is 1. The van der Waals surface area contributed by atoms with Gasteiger partial charge in [0.1, 0.15) is 0 Å². The average Bonchev–Trinajstić information content (AvgIpc) is 3.16. The molecule has 7 nitrogen and oxygen atoms in total. The van der Waals surface area contributed by atoms with E-state index in [9.17, 15) is 35.9 Å². The number of likely N-dealkylation sites (tertiary alicyclic amines) is 1. The van der Waals surface area contributed by atoms with Crippen molar-refractivity contribution in [3.05, 3.63) is 17.5 Å². The lowest BCUT2D eigenvalue weighted by Crippen LogP contribution is -2.42. The quantitative estimate of drug-likeness (QED) is 0.603. The Labute approximate surface area is 156 Å². The molecule has 160 valence electrons. The maximum atomic E-state index is 12.0. The van der Waals surface area contributed by atoms with Crippen LogP contribution >= 0.6 is 0 Å². The van der Waals surface area contributed by atoms with E-state index in [-0.39, 0.29) is 18.2 Å². The van der Waals surface area contributed by atoms with Gasteiger partial charge in [-0.1, -0.05) is 0 Å². The van der Waals surface area contributed by atoms with Crippen molar-refractivity contribution in [2.24, 2.45) is 7.05 Å². The van der Waals surface area contributed by atoms with E-state index in [0.717, 1.165) is 4.68 Å². The lowest BCUT2D eigenvalue weighted by molar-refractivity contribution is -0.162. The van der Waals surface area contributed by atoms with Gasteiger partial charge in [0.25, 0.3) is 0 Å². The minimum Gasteiger partial charge on any atom is -0.440 e. The predicted molar refractivity (Wildman–Crippen MR) is 84.1 cm³/mol. The molecule has 1 N–H and O–H groups in total. The second kappa shape index (κ2) is 9.64. The van der Waals surface area contributed by atoms with Crippen LogP contribution in [0.1, 0.15) is 24.1 Å². The van der Waals surface area contributed by atoms with Crippen LogP contribution in [0.5, 0.6) is 0 Å². The Morgan fingerprint density at radius 3 is 2.43 bits per heavy atom. The number of carbonyl (C=O) groups is 2. The van der Waals surface area contributed by atoms with Crippen molar-refractivity contribution in [3.63, 3.8) is 0 Å². The Kier molecular flexibility index (Phi) is 8.12. The first-order valence-corrected chi connectivity index (χ1v) is 8.09. The van der Waals surface area contributed by atoms with Crippen molar-refractivity contribution in [1.29, 1.82) is 0 Å². The Bertz CT molecular complexity index is 659. The van der Waals surface area contributed by atoms with Gasteiger partial charge in [0.2, 0.25) is 6.41 Å². The normalized spacial score (nSPS) is 17.0. The van der Waals surface area contributed by atoms with E-state index in [1.54, 1.807) is 0 Å². The number of halogens is 6. The number of hydrogen-bond acceptors (Lipinski definition) is 4. The third kappa shape index (κ3) is 7.64. The van der Waals surface area contributed by atoms with Crippen molar-refractivity contribution < 1.29 is 40.7 Å². The van der Waals surface area contributed by atoms with Gasteiger partial charge in [-0.2, -0.15) is 31.4 Å². The first kappa shape index (κ1) is 23.6. The minimum atomic E-state index is -4.52. The lowest BCUT2D eigenvalue weighted by Gasteiger charge is -2.23. The van der Waals surface area contributed by atoms with Crippen LogP contribution in [-0.4, -0.2) is 59.1 Å². The second-order valence-corrected chi connectivity index (χ2v) is 6.02. The first-order chi connectivity index (χ1) is 12.8. The van der Waals surface area contributed by atoms with E-state index in [1.165, 1.54) is 25.1 Å². The third-order valence-electron chi connectivity index (χ3n) is 3.69. The van der Waals surface area contributed by atoms with Crippen LogP contribution in [0.25, 0.3) is 0 Å². The van der Waals surface area contributed by atoms with Crippen LogP contribution in [0.15, 0.2) is 6.20 Å². The Morgan fingerprint density at radius 1 is 1.36 bits per heavy atom. The Balaban J connectivity index is 0.000000307. The summed E-state index contributed by atoms with van der Waals surface area (Å²) in [6, 6.07) is -0.291. The maximum Gasteiger partial charge on any atom is 0.435 e. The van der Waals surface area contributed by atoms with E-state index in [0.29, 0.717) is 25.8 Å². The van der Waals surface area contributed by atoms with Crippen molar-refractivity contribution in [1.82, 2.24) is 20.0 Å². The van der Waals surface area contributed by atoms with Crippen LogP contribution in [0.3, 0.4) is 0 Å². The summed E-state index contributed by atoms with van der Waals surface area (Å²) >= 11 is 0. The molecule has 0 radical (unpaired) electrons. The van der Waals surface area contributed by atoms with Crippen LogP contribution in [0.4, 0.5) is 31.1 Å². The maximum absolute atomic E-state index is 12.0. The molecule has 1 unspecified atom stereocenters. The Hall–Kier alpha value is -2.47. The smallest absolute Gasteiger partial charge is 0.435 e. The number of amides is 2. The molecule has 0 spiro atoms. The monoisotopic (exact) mass is 418 g/mol. The molecule has 1 aromatic rings. The molecular formula is C15H20F6N4O3. The SMILES string of the molecule is Cc1cn(C)nc1C(F)(F)F.O=CNCC1CCCN1C(=O)OCC(F)(F)F. The summed E-state index contributed by atoms with van der Waals surface area (Å²) in [5, 5.41) is 5.67. The van der Waals surface area contributed by atoms with Crippen molar-refractivity contribution in [3.8, 4) is 0 Å². The average molecular weight is 418 g/mol. The standard InChI is InChI=1S/C9H13F3N2O3.C6H7F3N2/c10-9(11,12)5-17-8(16)14-3-1-2-7(14)4-13-6-15;1-4-3-11(2)10-5(4)6(7,8)9/h6-7H,1-5H2,(H,13,15);3H,1-2H3. The largest absolute Gasteiger partial charge is 0.440 e. The highest BCUT2D eigenvalue weighted by Gasteiger charge is 2.36. The van der Waals surface area contributed by atoms with Crippen molar-refractivity contribution in [2.75, 3.05) is 19.7 Å². The van der Waals surface area contributed by atoms with Gasteiger partial charge in [0.15, 0.2) is 12.3 Å². The molecule has 1 aromatic heterocycles. The fourth-order valence-corrected chi connectivity index (χ4v) is 2.59. The molecule has 2 heterocycles. The molecule has 0 aliphatic carbocycles. The first-order valence-electron chi connectivity index (χ1n) is 8.09. The van der Waals surface area contributed by atoms with Gasteiger partial charge in [-0.05, 0) is 25.3 Å². The summed E-state index contributed by atoms with van der Waals surface area (Å²) < 4.78 is 76.8. The molecule has 28 heavy (non-hydrogen) atoms. The fourth-order valence-electron chi connectivity index (χ4n) is 2.59. The van der Waals surface area contributed by atoms with Crippen LogP contribution < -0.4 is 5.32 Å². The molecule has 0 aromatic carbocycles. The van der Waals surface area contributed by atoms with E-state index in [4.69, 9.17) is 0 Å². The minimum absolute atomic E-state index is 0.153. The molecule has 13 heteroatoms. The highest BCUT2D eigenvalue weighted by Crippen LogP contribution is 2.29. The number of rotatable bonds is 4. The van der Waals surface area contributed by atoms with Gasteiger partial charge >= 0.3 is 18.4 Å². The summed E-state index contributed by atoms with van der Waals surface area (Å²) in [7, 11) is 1.46. The molecule has 1 aliphatic heterocycles. The summed E-state index contributed by atoms with van der Waals surface area (Å²) in [6.07, 6.45) is -6.69. The number of aromatic nitrogens is 2. The number of nitrogens with zero attached hydrogens (tertiary/aromatic N) is 3. The van der Waals surface area contributed by atoms with E-state index in [1.807, 2.05) is 0 Å². The molecule has 1 atom stereocenters. The van der Waals surface area contributed by atoms with Gasteiger partial charge in [-0.15, -0.1) is 0 Å². The number of alkyl halides is 6. The number of carbonyl (C=O) groups excluding carboxylic acids is 2. The van der Waals surface area contributed by atoms with Gasteiger partial charge in [0.05, 0.1) is 6.04 Å². The molecule has 0 bridgehead atoms. The molecule has 1 aliphatic rings. The summed E-state index contributed by atoms with van der Waals surface area (Å²) in [6.45, 7) is 0.374. The third-order valence-corrected chi connectivity index (χ3v) is 3.69. The van der Waals surface area contributed by atoms with E-state index < -0.39 is 30.7 Å². The van der Waals surface area contributed by atoms with Crippen molar-refractivity contribution >= 4 is 12.5 Å². The van der Waals surface area contributed by atoms with Crippen LogP contribution in [-0.2, 0) is 22.8 Å².